The molecule has 2 fully saturated rings. The minimum absolute atomic E-state index is 0.0897. The fourth-order valence-electron chi connectivity index (χ4n) is 5.64. The van der Waals surface area contributed by atoms with E-state index in [1.807, 2.05) is 47.2 Å². The summed E-state index contributed by atoms with van der Waals surface area (Å²) in [5.74, 6) is 0.393. The Morgan fingerprint density at radius 2 is 1.86 bits per heavy atom. The van der Waals surface area contributed by atoms with Crippen LogP contribution in [-0.2, 0) is 16.1 Å². The Hall–Kier alpha value is -3.19. The first-order valence-corrected chi connectivity index (χ1v) is 13.3. The molecule has 1 aliphatic carbocycles. The quantitative estimate of drug-likeness (QED) is 0.400. The Morgan fingerprint density at radius 1 is 1.08 bits per heavy atom. The third-order valence-electron chi connectivity index (χ3n) is 7.45. The van der Waals surface area contributed by atoms with Crippen molar-refractivity contribution in [3.8, 4) is 0 Å². The van der Waals surface area contributed by atoms with Crippen LogP contribution in [0.3, 0.4) is 0 Å². The van der Waals surface area contributed by atoms with Gasteiger partial charge < -0.3 is 14.8 Å². The summed E-state index contributed by atoms with van der Waals surface area (Å²) in [5, 5.41) is 4.12. The average molecular weight is 548 g/mol. The van der Waals surface area contributed by atoms with E-state index in [0.717, 1.165) is 34.6 Å². The zero-order chi connectivity index (χ0) is 25.2. The van der Waals surface area contributed by atoms with Crippen molar-refractivity contribution in [2.45, 2.75) is 44.2 Å². The van der Waals surface area contributed by atoms with Gasteiger partial charge in [0.15, 0.2) is 5.78 Å². The number of benzene rings is 2. The van der Waals surface area contributed by atoms with Gasteiger partial charge in [0, 0.05) is 59.0 Å². The summed E-state index contributed by atoms with van der Waals surface area (Å²) in [6.45, 7) is 4.89. The first-order valence-electron chi connectivity index (χ1n) is 12.5. The lowest BCUT2D eigenvalue weighted by Crippen LogP contribution is -2.50. The third kappa shape index (κ3) is 5.03. The lowest BCUT2D eigenvalue weighted by Gasteiger charge is -2.38. The molecule has 1 saturated heterocycles. The van der Waals surface area contributed by atoms with Crippen LogP contribution in [0.15, 0.2) is 71.9 Å². The molecule has 1 N–H and O–H groups in total. The molecule has 2 heterocycles. The topological polar surface area (TPSA) is 71.4 Å². The summed E-state index contributed by atoms with van der Waals surface area (Å²) in [4.78, 5) is 39.7. The minimum atomic E-state index is -0.102. The maximum Gasteiger partial charge on any atom is 0.253 e. The standard InChI is InChI=1S/C29H30BrN3O3/c1-2-28(35)33-15-19(16-33)13-22(34)17-32-18-25(24-14-21(30)11-12-27(24)32)29(36)31-26-10-6-9-23(26)20-7-4-3-5-8-20/h2-5,7-8,11-12,14,18-19,23,26H,1,6,9-10,13,15-17H2,(H,31,36). The molecule has 6 nitrogen and oxygen atoms in total. The van der Waals surface area contributed by atoms with Crippen LogP contribution < -0.4 is 5.32 Å². The second-order valence-corrected chi connectivity index (χ2v) is 10.8. The SMILES string of the molecule is C=CC(=O)N1CC(CC(=O)Cn2cc(C(=O)NC3CCCC3c3ccccc3)c3cc(Br)ccc32)C1. The fourth-order valence-corrected chi connectivity index (χ4v) is 6.00. The molecule has 0 radical (unpaired) electrons. The largest absolute Gasteiger partial charge is 0.349 e. The van der Waals surface area contributed by atoms with Gasteiger partial charge in [-0.2, -0.15) is 0 Å². The van der Waals surface area contributed by atoms with Crippen LogP contribution in [0.2, 0.25) is 0 Å². The van der Waals surface area contributed by atoms with Crippen LogP contribution >= 0.6 is 15.9 Å². The van der Waals surface area contributed by atoms with Crippen LogP contribution in [0.5, 0.6) is 0 Å². The summed E-state index contributed by atoms with van der Waals surface area (Å²) >= 11 is 3.53. The highest BCUT2D eigenvalue weighted by molar-refractivity contribution is 9.10. The van der Waals surface area contributed by atoms with Crippen molar-refractivity contribution >= 4 is 44.4 Å². The van der Waals surface area contributed by atoms with Gasteiger partial charge in [0.1, 0.15) is 0 Å². The number of carbonyl (C=O) groups excluding carboxylic acids is 3. The molecule has 7 heteroatoms. The molecule has 2 amide bonds. The van der Waals surface area contributed by atoms with Crippen molar-refractivity contribution in [2.24, 2.45) is 5.92 Å². The van der Waals surface area contributed by atoms with Gasteiger partial charge in [0.05, 0.1) is 12.1 Å². The van der Waals surface area contributed by atoms with E-state index in [-0.39, 0.29) is 36.1 Å². The van der Waals surface area contributed by atoms with Crippen molar-refractivity contribution in [3.63, 3.8) is 0 Å². The molecule has 2 unspecified atom stereocenters. The zero-order valence-corrected chi connectivity index (χ0v) is 21.7. The lowest BCUT2D eigenvalue weighted by molar-refractivity contribution is -0.134. The Morgan fingerprint density at radius 3 is 2.61 bits per heavy atom. The molecule has 2 aromatic carbocycles. The minimum Gasteiger partial charge on any atom is -0.349 e. The first-order chi connectivity index (χ1) is 17.4. The van der Waals surface area contributed by atoms with E-state index < -0.39 is 0 Å². The summed E-state index contributed by atoms with van der Waals surface area (Å²) in [5.41, 5.74) is 2.71. The molecule has 5 rings (SSSR count). The number of amides is 2. The summed E-state index contributed by atoms with van der Waals surface area (Å²) in [6, 6.07) is 16.3. The molecule has 2 aliphatic rings. The van der Waals surface area contributed by atoms with Crippen LogP contribution in [0.1, 0.15) is 47.5 Å². The molecule has 0 bridgehead atoms. The predicted octanol–water partition coefficient (Wildman–Crippen LogP) is 5.07. The number of nitrogens with one attached hydrogen (secondary N) is 1. The maximum absolute atomic E-state index is 13.5. The van der Waals surface area contributed by atoms with E-state index in [2.05, 4.69) is 40.0 Å². The molecular weight excluding hydrogens is 518 g/mol. The van der Waals surface area contributed by atoms with Crippen molar-refractivity contribution in [1.29, 1.82) is 0 Å². The van der Waals surface area contributed by atoms with E-state index in [0.29, 0.717) is 31.0 Å². The zero-order valence-electron chi connectivity index (χ0n) is 20.2. The number of halogens is 1. The number of ketones is 1. The predicted molar refractivity (Wildman–Crippen MR) is 144 cm³/mol. The maximum atomic E-state index is 13.5. The van der Waals surface area contributed by atoms with Crippen LogP contribution in [0, 0.1) is 5.92 Å². The second kappa shape index (κ2) is 10.4. The van der Waals surface area contributed by atoms with E-state index >= 15 is 0 Å². The van der Waals surface area contributed by atoms with Gasteiger partial charge in [-0.05, 0) is 42.7 Å². The molecule has 1 aromatic heterocycles. The van der Waals surface area contributed by atoms with Crippen molar-refractivity contribution in [1.82, 2.24) is 14.8 Å². The monoisotopic (exact) mass is 547 g/mol. The van der Waals surface area contributed by atoms with Gasteiger partial charge >= 0.3 is 0 Å². The van der Waals surface area contributed by atoms with E-state index in [1.54, 1.807) is 4.90 Å². The normalized spacial score (nSPS) is 19.8. The molecule has 1 saturated carbocycles. The smallest absolute Gasteiger partial charge is 0.253 e. The molecule has 0 spiro atoms. The van der Waals surface area contributed by atoms with Crippen LogP contribution in [0.4, 0.5) is 0 Å². The van der Waals surface area contributed by atoms with Crippen molar-refractivity contribution in [3.05, 3.63) is 83.0 Å². The molecular formula is C29H30BrN3O3. The van der Waals surface area contributed by atoms with Gasteiger partial charge in [0.2, 0.25) is 5.91 Å². The Bertz CT molecular complexity index is 1310. The van der Waals surface area contributed by atoms with E-state index in [9.17, 15) is 14.4 Å². The van der Waals surface area contributed by atoms with Gasteiger partial charge in [-0.25, -0.2) is 0 Å². The Labute approximate surface area is 219 Å². The van der Waals surface area contributed by atoms with Gasteiger partial charge in [-0.15, -0.1) is 0 Å². The van der Waals surface area contributed by atoms with Crippen molar-refractivity contribution < 1.29 is 14.4 Å². The number of aromatic nitrogens is 1. The molecule has 1 aliphatic heterocycles. The third-order valence-corrected chi connectivity index (χ3v) is 7.95. The summed E-state index contributed by atoms with van der Waals surface area (Å²) in [6.07, 6.45) is 6.64. The van der Waals surface area contributed by atoms with Gasteiger partial charge in [-0.3, -0.25) is 14.4 Å². The number of rotatable bonds is 8. The molecule has 2 atom stereocenters. The number of nitrogens with zero attached hydrogens (tertiary/aromatic N) is 2. The number of likely N-dealkylation sites (tertiary alicyclic amines) is 1. The van der Waals surface area contributed by atoms with Gasteiger partial charge in [0.25, 0.3) is 5.91 Å². The Balaban J connectivity index is 1.31. The molecule has 186 valence electrons. The number of fused-ring (bicyclic) bond motifs is 1. The fraction of sp³-hybridized carbons (Fsp3) is 0.345. The first kappa shape index (κ1) is 24.5. The highest BCUT2D eigenvalue weighted by Gasteiger charge is 2.32. The number of Topliss-reactive ketones (excluding diaryl/α,β-unsaturated/α-hetero) is 1. The highest BCUT2D eigenvalue weighted by Crippen LogP contribution is 2.35. The summed E-state index contributed by atoms with van der Waals surface area (Å²) < 4.78 is 2.77. The van der Waals surface area contributed by atoms with Crippen LogP contribution in [0.25, 0.3) is 10.9 Å². The lowest BCUT2D eigenvalue weighted by atomic mass is 9.94. The van der Waals surface area contributed by atoms with Gasteiger partial charge in [-0.1, -0.05) is 59.3 Å². The second-order valence-electron chi connectivity index (χ2n) is 9.92. The summed E-state index contributed by atoms with van der Waals surface area (Å²) in [7, 11) is 0. The number of hydrogen-bond donors (Lipinski definition) is 1. The molecule has 3 aromatic rings. The average Bonchev–Trinajstić information content (AvgIpc) is 3.45. The van der Waals surface area contributed by atoms with Crippen molar-refractivity contribution in [2.75, 3.05) is 13.1 Å². The van der Waals surface area contributed by atoms with Crippen LogP contribution in [-0.4, -0.2) is 46.2 Å². The Kier molecular flexibility index (Phi) is 7.10. The van der Waals surface area contributed by atoms with E-state index in [1.165, 1.54) is 11.6 Å². The number of hydrogen-bond acceptors (Lipinski definition) is 3. The molecule has 36 heavy (non-hydrogen) atoms. The highest BCUT2D eigenvalue weighted by atomic mass is 79.9. The number of carbonyl (C=O) groups is 3. The van der Waals surface area contributed by atoms with E-state index in [4.69, 9.17) is 0 Å².